The van der Waals surface area contributed by atoms with Crippen LogP contribution in [-0.4, -0.2) is 19.6 Å². The van der Waals surface area contributed by atoms with Crippen molar-refractivity contribution in [2.75, 3.05) is 25.0 Å². The van der Waals surface area contributed by atoms with E-state index in [1.165, 1.54) is 16.8 Å². The third-order valence-electron chi connectivity index (χ3n) is 3.69. The van der Waals surface area contributed by atoms with Crippen molar-refractivity contribution in [2.45, 2.75) is 12.6 Å². The molecule has 0 radical (unpaired) electrons. The lowest BCUT2D eigenvalue weighted by atomic mass is 10.1. The van der Waals surface area contributed by atoms with Gasteiger partial charge in [0.05, 0.1) is 0 Å². The minimum Gasteiger partial charge on any atom is -0.381 e. The molecule has 0 aliphatic carbocycles. The lowest BCUT2D eigenvalue weighted by Crippen LogP contribution is -2.42. The van der Waals surface area contributed by atoms with E-state index in [1.54, 1.807) is 0 Å². The predicted octanol–water partition coefficient (Wildman–Crippen LogP) is 2.95. The maximum absolute atomic E-state index is 3.53. The van der Waals surface area contributed by atoms with Crippen LogP contribution in [0.3, 0.4) is 0 Å². The summed E-state index contributed by atoms with van der Waals surface area (Å²) in [6.45, 7) is 3.98. The van der Waals surface area contributed by atoms with E-state index < -0.39 is 0 Å². The van der Waals surface area contributed by atoms with Crippen molar-refractivity contribution < 1.29 is 0 Å². The van der Waals surface area contributed by atoms with Gasteiger partial charge in [-0.2, -0.15) is 0 Å². The molecule has 0 saturated carbocycles. The molecule has 3 N–H and O–H groups in total. The number of nitrogens with one attached hydrogen (secondary N) is 3. The van der Waals surface area contributed by atoms with E-state index in [2.05, 4.69) is 64.5 Å². The van der Waals surface area contributed by atoms with Crippen LogP contribution in [0.1, 0.15) is 17.2 Å². The molecule has 4 heteroatoms. The lowest BCUT2D eigenvalue weighted by Gasteiger charge is -2.25. The number of rotatable bonds is 4. The Morgan fingerprint density at radius 2 is 1.71 bits per heavy atom. The van der Waals surface area contributed by atoms with Crippen LogP contribution in [0.25, 0.3) is 0 Å². The fraction of sp³-hybridized carbons (Fsp3) is 0.294. The van der Waals surface area contributed by atoms with Gasteiger partial charge in [0.2, 0.25) is 0 Å². The number of anilines is 1. The Balaban J connectivity index is 0.00000161. The topological polar surface area (TPSA) is 36.1 Å². The molecular weight excluding hydrogens is 282 g/mol. The van der Waals surface area contributed by atoms with Gasteiger partial charge in [-0.15, -0.1) is 12.4 Å². The fourth-order valence-electron chi connectivity index (χ4n) is 2.52. The zero-order valence-corrected chi connectivity index (χ0v) is 12.8. The average Bonchev–Trinajstić information content (AvgIpc) is 2.55. The van der Waals surface area contributed by atoms with Crippen molar-refractivity contribution in [3.05, 3.63) is 65.7 Å². The van der Waals surface area contributed by atoms with Crippen LogP contribution in [-0.2, 0) is 6.54 Å². The molecule has 0 amide bonds. The molecule has 0 bridgehead atoms. The second kappa shape index (κ2) is 8.03. The minimum atomic E-state index is 0. The Labute approximate surface area is 132 Å². The first-order valence-electron chi connectivity index (χ1n) is 7.24. The van der Waals surface area contributed by atoms with Crippen LogP contribution in [0.4, 0.5) is 5.69 Å². The number of halogens is 1. The van der Waals surface area contributed by atoms with Crippen LogP contribution >= 0.6 is 12.4 Å². The van der Waals surface area contributed by atoms with Gasteiger partial charge in [0.15, 0.2) is 0 Å². The molecule has 1 fully saturated rings. The third-order valence-corrected chi connectivity index (χ3v) is 3.69. The summed E-state index contributed by atoms with van der Waals surface area (Å²) in [5.41, 5.74) is 3.82. The number of benzene rings is 2. The van der Waals surface area contributed by atoms with E-state index in [4.69, 9.17) is 0 Å². The maximum Gasteiger partial charge on any atom is 0.0447 e. The smallest absolute Gasteiger partial charge is 0.0447 e. The molecule has 0 aromatic heterocycles. The highest BCUT2D eigenvalue weighted by Gasteiger charge is 2.13. The molecule has 0 spiro atoms. The molecule has 1 saturated heterocycles. The molecule has 3 rings (SSSR count). The van der Waals surface area contributed by atoms with Gasteiger partial charge >= 0.3 is 0 Å². The molecule has 3 nitrogen and oxygen atoms in total. The van der Waals surface area contributed by atoms with Crippen LogP contribution in [0.2, 0.25) is 0 Å². The predicted molar refractivity (Wildman–Crippen MR) is 91.1 cm³/mol. The fourth-order valence-corrected chi connectivity index (χ4v) is 2.52. The van der Waals surface area contributed by atoms with Gasteiger partial charge in [0.25, 0.3) is 0 Å². The van der Waals surface area contributed by atoms with Gasteiger partial charge in [0.1, 0.15) is 0 Å². The van der Waals surface area contributed by atoms with Crippen LogP contribution in [0.5, 0.6) is 0 Å². The largest absolute Gasteiger partial charge is 0.381 e. The molecule has 1 aliphatic heterocycles. The first-order chi connectivity index (χ1) is 9.92. The zero-order valence-electron chi connectivity index (χ0n) is 12.0. The third kappa shape index (κ3) is 4.46. The van der Waals surface area contributed by atoms with E-state index in [0.717, 1.165) is 26.2 Å². The standard InChI is InChI=1S/C17H21N3.ClH/c1-2-4-14(5-3-1)12-20-16-8-6-15(7-9-16)17-13-18-10-11-19-17;/h1-9,17-20H,10-13H2;1H/t17-;/m0./s1. The summed E-state index contributed by atoms with van der Waals surface area (Å²) in [4.78, 5) is 0. The average molecular weight is 304 g/mol. The maximum atomic E-state index is 3.53. The summed E-state index contributed by atoms with van der Waals surface area (Å²) in [6, 6.07) is 19.6. The summed E-state index contributed by atoms with van der Waals surface area (Å²) in [5, 5.41) is 10.4. The highest BCUT2D eigenvalue weighted by molar-refractivity contribution is 5.85. The normalized spacial score (nSPS) is 17.8. The molecule has 1 aliphatic rings. The Morgan fingerprint density at radius 3 is 2.38 bits per heavy atom. The van der Waals surface area contributed by atoms with Crippen molar-refractivity contribution in [2.24, 2.45) is 0 Å². The monoisotopic (exact) mass is 303 g/mol. The van der Waals surface area contributed by atoms with Crippen molar-refractivity contribution in [3.8, 4) is 0 Å². The van der Waals surface area contributed by atoms with Gasteiger partial charge in [-0.3, -0.25) is 0 Å². The summed E-state index contributed by atoms with van der Waals surface area (Å²) >= 11 is 0. The van der Waals surface area contributed by atoms with Crippen molar-refractivity contribution in [3.63, 3.8) is 0 Å². The van der Waals surface area contributed by atoms with E-state index in [0.29, 0.717) is 6.04 Å². The molecule has 0 unspecified atom stereocenters. The second-order valence-electron chi connectivity index (χ2n) is 5.17. The summed E-state index contributed by atoms with van der Waals surface area (Å²) in [7, 11) is 0. The molecule has 1 heterocycles. The summed E-state index contributed by atoms with van der Waals surface area (Å²) in [5.74, 6) is 0. The molecule has 1 atom stereocenters. The number of hydrogen-bond donors (Lipinski definition) is 3. The summed E-state index contributed by atoms with van der Waals surface area (Å²) < 4.78 is 0. The molecule has 21 heavy (non-hydrogen) atoms. The van der Waals surface area contributed by atoms with Crippen molar-refractivity contribution in [1.29, 1.82) is 0 Å². The Hall–Kier alpha value is -1.55. The van der Waals surface area contributed by atoms with Gasteiger partial charge in [0, 0.05) is 37.9 Å². The van der Waals surface area contributed by atoms with Gasteiger partial charge < -0.3 is 16.0 Å². The molecule has 2 aromatic rings. The van der Waals surface area contributed by atoms with E-state index >= 15 is 0 Å². The van der Waals surface area contributed by atoms with Gasteiger partial charge in [-0.25, -0.2) is 0 Å². The summed E-state index contributed by atoms with van der Waals surface area (Å²) in [6.07, 6.45) is 0. The lowest BCUT2D eigenvalue weighted by molar-refractivity contribution is 0.430. The van der Waals surface area contributed by atoms with E-state index in [9.17, 15) is 0 Å². The Bertz CT molecular complexity index is 521. The highest BCUT2D eigenvalue weighted by Crippen LogP contribution is 2.17. The van der Waals surface area contributed by atoms with Crippen LogP contribution < -0.4 is 16.0 Å². The Kier molecular flexibility index (Phi) is 6.05. The van der Waals surface area contributed by atoms with Gasteiger partial charge in [-0.05, 0) is 23.3 Å². The number of piperazine rings is 1. The first-order valence-corrected chi connectivity index (χ1v) is 7.24. The van der Waals surface area contributed by atoms with E-state index in [-0.39, 0.29) is 12.4 Å². The molecular formula is C17H22ClN3. The van der Waals surface area contributed by atoms with Crippen LogP contribution in [0, 0.1) is 0 Å². The SMILES string of the molecule is Cl.c1ccc(CNc2ccc([C@@H]3CNCCN3)cc2)cc1. The minimum absolute atomic E-state index is 0. The Morgan fingerprint density at radius 1 is 0.952 bits per heavy atom. The van der Waals surface area contributed by atoms with Gasteiger partial charge in [-0.1, -0.05) is 42.5 Å². The van der Waals surface area contributed by atoms with E-state index in [1.807, 2.05) is 6.07 Å². The quantitative estimate of drug-likeness (QED) is 0.813. The number of hydrogen-bond acceptors (Lipinski definition) is 3. The van der Waals surface area contributed by atoms with Crippen molar-refractivity contribution >= 4 is 18.1 Å². The second-order valence-corrected chi connectivity index (χ2v) is 5.17. The first kappa shape index (κ1) is 15.8. The van der Waals surface area contributed by atoms with Crippen molar-refractivity contribution in [1.82, 2.24) is 10.6 Å². The molecule has 2 aromatic carbocycles. The molecule has 112 valence electrons. The highest BCUT2D eigenvalue weighted by atomic mass is 35.5. The zero-order chi connectivity index (χ0) is 13.6. The van der Waals surface area contributed by atoms with Crippen LogP contribution in [0.15, 0.2) is 54.6 Å².